The lowest BCUT2D eigenvalue weighted by Crippen LogP contribution is -2.49. The number of amidine groups is 1. The number of carbonyl (C=O) groups excluding carboxylic acids is 1. The van der Waals surface area contributed by atoms with Gasteiger partial charge in [0.25, 0.3) is 0 Å². The van der Waals surface area contributed by atoms with Gasteiger partial charge in [-0.05, 0) is 37.0 Å². The molecule has 190 valence electrons. The van der Waals surface area contributed by atoms with Crippen molar-refractivity contribution >= 4 is 42.1 Å². The maximum Gasteiger partial charge on any atom is 0.410 e. The molecule has 0 radical (unpaired) electrons. The van der Waals surface area contributed by atoms with Gasteiger partial charge in [0.15, 0.2) is 5.82 Å². The third-order valence-electron chi connectivity index (χ3n) is 7.44. The molecule has 0 bridgehead atoms. The zero-order chi connectivity index (χ0) is 25.1. The smallest absolute Gasteiger partial charge is 0.410 e. The molecular formula is C26H32FN7O2. The lowest BCUT2D eigenvalue weighted by molar-refractivity contribution is 0.0617. The normalized spacial score (nSPS) is 24.1. The fraction of sp³-hybridized carbons (Fsp3) is 0.462. The third kappa shape index (κ3) is 4.72. The quantitative estimate of drug-likeness (QED) is 0.379. The number of piperazine rings is 1. The number of halogens is 1. The van der Waals surface area contributed by atoms with Crippen molar-refractivity contribution in [2.24, 2.45) is 27.0 Å². The van der Waals surface area contributed by atoms with Crippen molar-refractivity contribution in [3.05, 3.63) is 42.3 Å². The van der Waals surface area contributed by atoms with Gasteiger partial charge in [-0.3, -0.25) is 0 Å². The highest BCUT2D eigenvalue weighted by molar-refractivity contribution is 6.05. The summed E-state index contributed by atoms with van der Waals surface area (Å²) in [6, 6.07) is 8.73. The highest BCUT2D eigenvalue weighted by Crippen LogP contribution is 2.40. The Hall–Kier alpha value is -3.69. The molecule has 3 atom stereocenters. The van der Waals surface area contributed by atoms with E-state index in [0.717, 1.165) is 30.2 Å². The predicted octanol–water partition coefficient (Wildman–Crippen LogP) is 4.45. The van der Waals surface area contributed by atoms with Gasteiger partial charge in [-0.15, -0.1) is 5.10 Å². The second-order valence-corrected chi connectivity index (χ2v) is 9.41. The first-order valence-electron chi connectivity index (χ1n) is 12.5. The average molecular weight is 494 g/mol. The number of nitrogens with one attached hydrogen (secondary N) is 1. The molecule has 1 aliphatic carbocycles. The van der Waals surface area contributed by atoms with Crippen LogP contribution in [0.15, 0.2) is 51.7 Å². The number of amides is 1. The van der Waals surface area contributed by atoms with Gasteiger partial charge in [-0.25, -0.2) is 14.2 Å². The first kappa shape index (κ1) is 24.0. The maximum absolute atomic E-state index is 14.1. The fourth-order valence-electron chi connectivity index (χ4n) is 5.60. The van der Waals surface area contributed by atoms with Crippen molar-refractivity contribution in [3.63, 3.8) is 0 Å². The topological polar surface area (TPSA) is 88.9 Å². The number of rotatable bonds is 5. The molecule has 1 aromatic heterocycles. The van der Waals surface area contributed by atoms with Crippen LogP contribution in [0.5, 0.6) is 0 Å². The Kier molecular flexibility index (Phi) is 7.02. The van der Waals surface area contributed by atoms with Crippen LogP contribution in [-0.4, -0.2) is 73.6 Å². The lowest BCUT2D eigenvalue weighted by atomic mass is 9.91. The molecular weight excluding hydrogens is 461 g/mol. The van der Waals surface area contributed by atoms with Crippen LogP contribution in [0.3, 0.4) is 0 Å². The zero-order valence-corrected chi connectivity index (χ0v) is 20.5. The second-order valence-electron chi connectivity index (χ2n) is 9.41. The predicted molar refractivity (Wildman–Crippen MR) is 140 cm³/mol. The Morgan fingerprint density at radius 1 is 1.19 bits per heavy atom. The van der Waals surface area contributed by atoms with Gasteiger partial charge in [0.1, 0.15) is 17.8 Å². The monoisotopic (exact) mass is 493 g/mol. The van der Waals surface area contributed by atoms with Crippen LogP contribution in [-0.2, 0) is 4.74 Å². The molecule has 9 nitrogen and oxygen atoms in total. The van der Waals surface area contributed by atoms with Gasteiger partial charge in [-0.1, -0.05) is 25.5 Å². The summed E-state index contributed by atoms with van der Waals surface area (Å²) in [5, 5.41) is 8.32. The van der Waals surface area contributed by atoms with E-state index in [1.807, 2.05) is 29.4 Å². The summed E-state index contributed by atoms with van der Waals surface area (Å²) in [5.74, 6) is 1.78. The molecule has 0 spiro atoms. The summed E-state index contributed by atoms with van der Waals surface area (Å²) >= 11 is 0. The fourth-order valence-corrected chi connectivity index (χ4v) is 5.60. The Morgan fingerprint density at radius 3 is 2.75 bits per heavy atom. The number of fused-ring (bicyclic) bond motifs is 1. The van der Waals surface area contributed by atoms with Crippen LogP contribution < -0.4 is 9.80 Å². The minimum Gasteiger partial charge on any atom is -0.446 e. The summed E-state index contributed by atoms with van der Waals surface area (Å²) in [6.07, 6.45) is 5.62. The number of H-pyrrole nitrogens is 1. The van der Waals surface area contributed by atoms with Crippen LogP contribution >= 0.6 is 0 Å². The molecule has 2 aromatic rings. The van der Waals surface area contributed by atoms with Crippen LogP contribution in [0, 0.1) is 17.7 Å². The standard InChI is InChI=1S/C26H32FN7O2/c1-3-18-16-19(17-20(18)25(31-28-2)34-11-10-30-24-23(34)8-9-29-24)36-26(35)33-14-12-32(13-15-33)22-7-5-4-6-21(22)27/h4-10,18-20,29H,2-3,11-17H2,1H3/b31-25-. The molecule has 1 saturated heterocycles. The largest absolute Gasteiger partial charge is 0.446 e. The highest BCUT2D eigenvalue weighted by atomic mass is 19.1. The third-order valence-corrected chi connectivity index (χ3v) is 7.44. The number of anilines is 2. The molecule has 3 aliphatic rings. The summed E-state index contributed by atoms with van der Waals surface area (Å²) in [5.41, 5.74) is 1.54. The van der Waals surface area contributed by atoms with E-state index in [1.54, 1.807) is 17.0 Å². The van der Waals surface area contributed by atoms with E-state index >= 15 is 0 Å². The van der Waals surface area contributed by atoms with E-state index in [-0.39, 0.29) is 23.9 Å². The minimum atomic E-state index is -0.304. The molecule has 1 aromatic carbocycles. The van der Waals surface area contributed by atoms with Crippen LogP contribution in [0.4, 0.5) is 26.4 Å². The molecule has 36 heavy (non-hydrogen) atoms. The Morgan fingerprint density at radius 2 is 2.00 bits per heavy atom. The zero-order valence-electron chi connectivity index (χ0n) is 20.5. The molecule has 5 rings (SSSR count). The second kappa shape index (κ2) is 10.5. The molecule has 1 saturated carbocycles. The van der Waals surface area contributed by atoms with Crippen molar-refractivity contribution in [3.8, 4) is 0 Å². The van der Waals surface area contributed by atoms with Crippen molar-refractivity contribution < 1.29 is 13.9 Å². The first-order chi connectivity index (χ1) is 17.6. The molecule has 3 heterocycles. The van der Waals surface area contributed by atoms with E-state index in [1.165, 1.54) is 6.07 Å². The summed E-state index contributed by atoms with van der Waals surface area (Å²) in [7, 11) is 0. The molecule has 1 amide bonds. The minimum absolute atomic E-state index is 0.0884. The van der Waals surface area contributed by atoms with Gasteiger partial charge in [0.2, 0.25) is 0 Å². The number of hydrogen-bond acceptors (Lipinski definition) is 6. The number of nitrogens with zero attached hydrogens (tertiary/aromatic N) is 6. The average Bonchev–Trinajstić information content (AvgIpc) is 3.54. The van der Waals surface area contributed by atoms with E-state index in [4.69, 9.17) is 4.74 Å². The van der Waals surface area contributed by atoms with E-state index in [9.17, 15) is 9.18 Å². The van der Waals surface area contributed by atoms with Crippen molar-refractivity contribution in [2.45, 2.75) is 32.3 Å². The summed E-state index contributed by atoms with van der Waals surface area (Å²) in [6.45, 7) is 8.48. The highest BCUT2D eigenvalue weighted by Gasteiger charge is 2.41. The van der Waals surface area contributed by atoms with Gasteiger partial charge in [0, 0.05) is 51.2 Å². The SMILES string of the molecule is C=N/N=C(/C1CC(OC(=O)N2CCN(c3ccccc3F)CC2)CC1CC)N1CC=Nc2[nH]ccc21. The van der Waals surface area contributed by atoms with Crippen molar-refractivity contribution in [1.29, 1.82) is 0 Å². The van der Waals surface area contributed by atoms with Gasteiger partial charge in [0.05, 0.1) is 17.9 Å². The number of para-hydroxylation sites is 1. The Balaban J connectivity index is 1.22. The Labute approximate surface area is 210 Å². The first-order valence-corrected chi connectivity index (χ1v) is 12.5. The van der Waals surface area contributed by atoms with Gasteiger partial charge < -0.3 is 24.4 Å². The van der Waals surface area contributed by atoms with Crippen molar-refractivity contribution in [1.82, 2.24) is 9.88 Å². The number of ether oxygens (including phenoxy) is 1. The Bertz CT molecular complexity index is 1150. The number of aromatic nitrogens is 1. The molecule has 3 unspecified atom stereocenters. The van der Waals surface area contributed by atoms with Crippen LogP contribution in [0.25, 0.3) is 0 Å². The maximum atomic E-state index is 14.1. The van der Waals surface area contributed by atoms with E-state index in [0.29, 0.717) is 50.7 Å². The molecule has 1 N–H and O–H groups in total. The van der Waals surface area contributed by atoms with Crippen molar-refractivity contribution in [2.75, 3.05) is 42.5 Å². The number of aliphatic imine (C=N–C) groups is 1. The molecule has 10 heteroatoms. The summed E-state index contributed by atoms with van der Waals surface area (Å²) in [4.78, 5) is 26.4. The number of hydrogen-bond donors (Lipinski definition) is 1. The van der Waals surface area contributed by atoms with Gasteiger partial charge >= 0.3 is 6.09 Å². The number of carbonyl (C=O) groups is 1. The van der Waals surface area contributed by atoms with Gasteiger partial charge in [-0.2, -0.15) is 5.10 Å². The molecule has 2 aliphatic heterocycles. The van der Waals surface area contributed by atoms with Crippen LogP contribution in [0.2, 0.25) is 0 Å². The molecule has 2 fully saturated rings. The number of benzene rings is 1. The van der Waals surface area contributed by atoms with E-state index in [2.05, 4.69) is 38.7 Å². The van der Waals surface area contributed by atoms with E-state index < -0.39 is 0 Å². The number of aromatic amines is 1. The lowest BCUT2D eigenvalue weighted by Gasteiger charge is -2.36. The van der Waals surface area contributed by atoms with Crippen LogP contribution in [0.1, 0.15) is 26.2 Å². The summed E-state index contributed by atoms with van der Waals surface area (Å²) < 4.78 is 20.1.